The molecule has 5 unspecified atom stereocenters. The highest BCUT2D eigenvalue weighted by atomic mass is 19.4. The second-order valence-electron chi connectivity index (χ2n) is 25.3. The maximum Gasteiger partial charge on any atom is 0.433 e. The lowest BCUT2D eigenvalue weighted by molar-refractivity contribution is -0.141. The minimum Gasteiger partial charge on any atom is -0.444 e. The van der Waals surface area contributed by atoms with Crippen molar-refractivity contribution >= 4 is 42.0 Å². The fraction of sp³-hybridized carbons (Fsp3) is 0.741. The summed E-state index contributed by atoms with van der Waals surface area (Å²) < 4.78 is 90.2. The number of amides is 5. The van der Waals surface area contributed by atoms with Gasteiger partial charge >= 0.3 is 36.7 Å². The Morgan fingerprint density at radius 3 is 1.40 bits per heavy atom. The highest BCUT2D eigenvalue weighted by Gasteiger charge is 2.35. The van der Waals surface area contributed by atoms with Gasteiger partial charge in [0.05, 0.1) is 49.1 Å². The zero-order valence-electron chi connectivity index (χ0n) is 52.5. The van der Waals surface area contributed by atoms with Gasteiger partial charge in [0.15, 0.2) is 0 Å². The van der Waals surface area contributed by atoms with E-state index in [0.29, 0.717) is 66.9 Å². The molecule has 0 bridgehead atoms. The largest absolute Gasteiger partial charge is 0.444 e. The number of urea groups is 1. The Morgan fingerprint density at radius 1 is 0.639 bits per heavy atom. The van der Waals surface area contributed by atoms with Gasteiger partial charge < -0.3 is 61.5 Å². The van der Waals surface area contributed by atoms with Crippen LogP contribution in [0.3, 0.4) is 0 Å². The number of nitrogens with two attached hydrogens (primary N) is 1. The Bertz CT molecular complexity index is 2150. The van der Waals surface area contributed by atoms with E-state index in [-0.39, 0.29) is 43.4 Å². The average molecular weight is 1200 g/mol. The second kappa shape index (κ2) is 37.6. The van der Waals surface area contributed by atoms with Crippen LogP contribution in [0, 0.1) is 29.6 Å². The summed E-state index contributed by atoms with van der Waals surface area (Å²) in [5.41, 5.74) is 2.72. The van der Waals surface area contributed by atoms with Gasteiger partial charge in [0.2, 0.25) is 0 Å². The van der Waals surface area contributed by atoms with Crippen LogP contribution in [0.1, 0.15) is 175 Å². The van der Waals surface area contributed by atoms with Crippen LogP contribution in [-0.2, 0) is 31.4 Å². The number of hydrogen-bond acceptors (Lipinski definition) is 14. The summed E-state index contributed by atoms with van der Waals surface area (Å²) in [6.45, 7) is 37.3. The van der Waals surface area contributed by atoms with Crippen LogP contribution in [-0.4, -0.2) is 124 Å². The van der Waals surface area contributed by atoms with Crippen molar-refractivity contribution in [2.75, 3.05) is 36.5 Å². The molecule has 1 aliphatic rings. The lowest BCUT2D eigenvalue weighted by atomic mass is 10.0. The summed E-state index contributed by atoms with van der Waals surface area (Å²) in [4.78, 5) is 65.3. The van der Waals surface area contributed by atoms with Crippen molar-refractivity contribution in [3.8, 4) is 0 Å². The van der Waals surface area contributed by atoms with Crippen LogP contribution in [0.5, 0.6) is 0 Å². The van der Waals surface area contributed by atoms with Crippen molar-refractivity contribution in [2.45, 2.75) is 223 Å². The van der Waals surface area contributed by atoms with E-state index in [1.165, 1.54) is 17.0 Å². The van der Waals surface area contributed by atoms with Gasteiger partial charge in [0.25, 0.3) is 0 Å². The van der Waals surface area contributed by atoms with Crippen molar-refractivity contribution in [2.24, 2.45) is 35.3 Å². The molecule has 25 heteroatoms. The van der Waals surface area contributed by atoms with Crippen LogP contribution in [0.15, 0.2) is 36.7 Å². The molecule has 5 atom stereocenters. The van der Waals surface area contributed by atoms with E-state index in [1.54, 1.807) is 41.5 Å². The molecule has 0 aromatic carbocycles. The van der Waals surface area contributed by atoms with Gasteiger partial charge in [-0.2, -0.15) is 26.3 Å². The lowest BCUT2D eigenvalue weighted by Gasteiger charge is -2.25. The molecule has 0 radical (unpaired) electrons. The molecule has 2 aromatic heterocycles. The Labute approximate surface area is 489 Å². The number of anilines is 2. The smallest absolute Gasteiger partial charge is 0.433 e. The fourth-order valence-corrected chi connectivity index (χ4v) is 7.40. The minimum atomic E-state index is -4.47. The predicted molar refractivity (Wildman–Crippen MR) is 312 cm³/mol. The first-order valence-electron chi connectivity index (χ1n) is 28.1. The van der Waals surface area contributed by atoms with Crippen molar-refractivity contribution in [1.29, 1.82) is 0 Å². The number of halogens is 6. The van der Waals surface area contributed by atoms with Crippen molar-refractivity contribution in [1.82, 2.24) is 31.2 Å². The number of hydrogen-bond donors (Lipinski definition) is 8. The number of nitrogens with zero attached hydrogens (tertiary/aromatic N) is 3. The molecule has 2 aromatic rings. The number of aliphatic hydroxyl groups is 2. The number of rotatable bonds is 20. The molecule has 1 saturated heterocycles. The number of alkyl halides is 6. The zero-order valence-corrected chi connectivity index (χ0v) is 52.5. The predicted octanol–water partition coefficient (Wildman–Crippen LogP) is 11.9. The summed E-state index contributed by atoms with van der Waals surface area (Å²) in [5, 5.41) is 31.3. The summed E-state index contributed by atoms with van der Waals surface area (Å²) in [6.07, 6.45) is -3.70. The number of carbonyl (C=O) groups excluding carboxylic acids is 5. The van der Waals surface area contributed by atoms with Crippen molar-refractivity contribution in [3.05, 3.63) is 48.0 Å². The van der Waals surface area contributed by atoms with Crippen LogP contribution >= 0.6 is 0 Å². The van der Waals surface area contributed by atoms with E-state index in [1.807, 2.05) is 62.3 Å². The highest BCUT2D eigenvalue weighted by molar-refractivity contribution is 5.94. The molecular weight excluding hydrogens is 1100 g/mol. The molecule has 3 heterocycles. The first kappa shape index (κ1) is 79.4. The van der Waals surface area contributed by atoms with Gasteiger partial charge in [-0.3, -0.25) is 4.90 Å². The summed E-state index contributed by atoms with van der Waals surface area (Å²) in [6, 6.07) is 3.19. The maximum absolute atomic E-state index is 12.5. The minimum absolute atomic E-state index is 0.0183. The summed E-state index contributed by atoms with van der Waals surface area (Å²) in [5.74, 6) is 2.14. The molecule has 0 spiro atoms. The molecule has 1 fully saturated rings. The Kier molecular flexibility index (Phi) is 35.9. The van der Waals surface area contributed by atoms with Gasteiger partial charge in [-0.25, -0.2) is 29.1 Å². The Hall–Kier alpha value is -5.69. The van der Waals surface area contributed by atoms with Crippen LogP contribution in [0.4, 0.5) is 56.9 Å². The third kappa shape index (κ3) is 41.9. The number of carbonyl (C=O) groups is 5. The third-order valence-corrected chi connectivity index (χ3v) is 10.5. The lowest BCUT2D eigenvalue weighted by Crippen LogP contribution is -2.43. The number of aromatic nitrogens is 2. The number of pyridine rings is 2. The molecule has 1 aliphatic heterocycles. The normalized spacial score (nSPS) is 15.1. The van der Waals surface area contributed by atoms with E-state index < -0.39 is 64.9 Å². The SMILES string of the molecule is CC(C)CC(C=O)NC(=O)OC(C)(C)C.CC(C)CC(CNc1ccc(C(F)(F)F)nc1)NC(=O)OC(C)(C)C.CC(C)CC(CO)NC(=O)OC(C)(C)C.CC(C)CC(N)CO.CC(C)CC1CN(c2ccc(C(F)(F)F)nc2)C(=O)N1. The van der Waals surface area contributed by atoms with Crippen molar-refractivity contribution < 1.29 is 74.7 Å². The first-order chi connectivity index (χ1) is 37.8. The van der Waals surface area contributed by atoms with Crippen LogP contribution in [0.25, 0.3) is 0 Å². The van der Waals surface area contributed by atoms with Gasteiger partial charge in [0.1, 0.15) is 34.5 Å². The van der Waals surface area contributed by atoms with E-state index >= 15 is 0 Å². The standard InChI is InChI=1S/C17H26F3N3O2.C13H16F3N3O.C11H23NO3.C11H21NO3.C6H15NO/c1-11(2)8-13(23-15(24)25-16(3,4)5)10-21-12-6-7-14(22-9-12)17(18,19)20;1-8(2)5-9-7-19(12(20)18-9)10-3-4-11(17-6-10)13(14,15)16;2*1-8(2)6-9(7-13)12-10(14)15-11(3,4)5;1-5(2)3-6(7)4-8/h6-7,9,11,13,21H,8,10H2,1-5H3,(H,23,24);3-4,6,8-9H,5,7H2,1-2H3,(H,18,20);8-9,13H,6-7H2,1-5H3,(H,12,14);7-9H,6H2,1-5H3,(H,12,14);5-6,8H,3-4,7H2,1-2H3. The van der Waals surface area contributed by atoms with Crippen molar-refractivity contribution in [3.63, 3.8) is 0 Å². The number of nitrogens with one attached hydrogen (secondary N) is 5. The molecule has 0 saturated carbocycles. The topological polar surface area (TPSA) is 269 Å². The summed E-state index contributed by atoms with van der Waals surface area (Å²) >= 11 is 0. The monoisotopic (exact) mass is 1200 g/mol. The number of aliphatic hydroxyl groups excluding tert-OH is 2. The summed E-state index contributed by atoms with van der Waals surface area (Å²) in [7, 11) is 0. The van der Waals surface area contributed by atoms with Gasteiger partial charge in [-0.1, -0.05) is 69.2 Å². The molecule has 83 heavy (non-hydrogen) atoms. The molecule has 0 aliphatic carbocycles. The van der Waals surface area contributed by atoms with Crippen LogP contribution in [0.2, 0.25) is 0 Å². The molecule has 480 valence electrons. The van der Waals surface area contributed by atoms with Gasteiger partial charge in [-0.15, -0.1) is 0 Å². The van der Waals surface area contributed by atoms with Gasteiger partial charge in [-0.05, 0) is 148 Å². The third-order valence-electron chi connectivity index (χ3n) is 10.5. The molecule has 9 N–H and O–H groups in total. The van der Waals surface area contributed by atoms with E-state index in [2.05, 4.69) is 64.2 Å². The number of alkyl carbamates (subject to hydrolysis) is 3. The molecule has 3 rings (SSSR count). The Balaban J connectivity index is 0. The van der Waals surface area contributed by atoms with Crippen LogP contribution < -0.4 is 37.2 Å². The number of aldehydes is 1. The van der Waals surface area contributed by atoms with E-state index in [9.17, 15) is 50.3 Å². The van der Waals surface area contributed by atoms with E-state index in [4.69, 9.17) is 30.2 Å². The van der Waals surface area contributed by atoms with E-state index in [0.717, 1.165) is 50.1 Å². The first-order valence-corrected chi connectivity index (χ1v) is 28.1. The second-order valence-corrected chi connectivity index (χ2v) is 25.3. The zero-order chi connectivity index (χ0) is 64.9. The molecule has 19 nitrogen and oxygen atoms in total. The number of ether oxygens (including phenoxy) is 3. The quantitative estimate of drug-likeness (QED) is 0.0348. The maximum atomic E-state index is 12.5. The average Bonchev–Trinajstić information content (AvgIpc) is 3.80. The highest BCUT2D eigenvalue weighted by Crippen LogP contribution is 2.30. The molecular formula is C58H101F6N9O10. The fourth-order valence-electron chi connectivity index (χ4n) is 7.40. The van der Waals surface area contributed by atoms with Gasteiger partial charge in [0, 0.05) is 31.2 Å². The Morgan fingerprint density at radius 2 is 1.06 bits per heavy atom. The molecule has 5 amide bonds.